The summed E-state index contributed by atoms with van der Waals surface area (Å²) >= 11 is 0. The number of carbonyl (C=O) groups excluding carboxylic acids is 2. The molecule has 3 fully saturated rings. The number of ether oxygens (including phenoxy) is 4. The van der Waals surface area contributed by atoms with E-state index in [-0.39, 0.29) is 36.5 Å². The van der Waals surface area contributed by atoms with Crippen LogP contribution in [0, 0.1) is 24.2 Å². The fourth-order valence-corrected chi connectivity index (χ4v) is 4.77. The Hall–Kier alpha value is -1.82. The summed E-state index contributed by atoms with van der Waals surface area (Å²) in [4.78, 5) is 27.4. The number of alkyl carbamates (subject to hydrolysis) is 1. The molecule has 0 saturated carbocycles. The monoisotopic (exact) mass is 394 g/mol. The molecule has 28 heavy (non-hydrogen) atoms. The van der Waals surface area contributed by atoms with Crippen LogP contribution in [0.4, 0.5) is 4.79 Å². The summed E-state index contributed by atoms with van der Waals surface area (Å²) in [7, 11) is 3.06. The number of piperidine rings is 1. The highest BCUT2D eigenvalue weighted by Gasteiger charge is 2.67. The summed E-state index contributed by atoms with van der Waals surface area (Å²) in [5.74, 6) is 1.30. The molecular formula is C20H30N2O6. The molecule has 6 unspecified atom stereocenters. The van der Waals surface area contributed by atoms with Crippen LogP contribution in [0.2, 0.25) is 0 Å². The smallest absolute Gasteiger partial charge is 0.408 e. The first-order valence-corrected chi connectivity index (χ1v) is 9.58. The number of fused-ring (bicyclic) bond motifs is 3. The van der Waals surface area contributed by atoms with Gasteiger partial charge in [0.05, 0.1) is 18.1 Å². The van der Waals surface area contributed by atoms with E-state index in [9.17, 15) is 9.59 Å². The lowest BCUT2D eigenvalue weighted by Gasteiger charge is -2.45. The van der Waals surface area contributed by atoms with Crippen molar-refractivity contribution in [3.05, 3.63) is 0 Å². The largest absolute Gasteiger partial charge is 0.444 e. The number of rotatable bonds is 3. The van der Waals surface area contributed by atoms with Crippen LogP contribution in [0.5, 0.6) is 0 Å². The van der Waals surface area contributed by atoms with Gasteiger partial charge in [-0.3, -0.25) is 4.79 Å². The topological polar surface area (TPSA) is 86.3 Å². The molecule has 3 aliphatic heterocycles. The number of carbonyl (C=O) groups is 2. The zero-order valence-corrected chi connectivity index (χ0v) is 17.4. The van der Waals surface area contributed by atoms with Crippen LogP contribution in [-0.4, -0.2) is 73.3 Å². The van der Waals surface area contributed by atoms with Crippen molar-refractivity contribution in [2.45, 2.75) is 69.7 Å². The number of amides is 2. The Kier molecular flexibility index (Phi) is 5.38. The van der Waals surface area contributed by atoms with E-state index < -0.39 is 29.6 Å². The van der Waals surface area contributed by atoms with Gasteiger partial charge in [0.2, 0.25) is 11.7 Å². The predicted octanol–water partition coefficient (Wildman–Crippen LogP) is 1.14. The molecule has 0 aromatic carbocycles. The lowest BCUT2D eigenvalue weighted by molar-refractivity contribution is -0.232. The highest BCUT2D eigenvalue weighted by molar-refractivity contribution is 5.87. The fraction of sp³-hybridized carbons (Fsp3) is 0.800. The van der Waals surface area contributed by atoms with Gasteiger partial charge in [-0.2, -0.15) is 0 Å². The summed E-state index contributed by atoms with van der Waals surface area (Å²) in [5, 5.41) is 2.72. The molecule has 8 heteroatoms. The molecule has 3 rings (SSSR count). The highest BCUT2D eigenvalue weighted by Crippen LogP contribution is 2.48. The lowest BCUT2D eigenvalue weighted by Crippen LogP contribution is -2.64. The number of terminal acetylenes is 1. The second-order valence-corrected chi connectivity index (χ2v) is 8.78. The summed E-state index contributed by atoms with van der Waals surface area (Å²) in [6.45, 7) is 7.54. The molecule has 0 radical (unpaired) electrons. The molecule has 3 heterocycles. The SMILES string of the molecule is C#CC1C2OCC(OC)(OC)C2N2C(=O)C(NC(=O)OC(C)(C)C)CC(C)C12. The molecule has 0 aliphatic carbocycles. The molecule has 156 valence electrons. The van der Waals surface area contributed by atoms with E-state index in [4.69, 9.17) is 25.4 Å². The first-order chi connectivity index (χ1) is 13.1. The number of nitrogens with one attached hydrogen (secondary N) is 1. The Bertz CT molecular complexity index is 677. The minimum Gasteiger partial charge on any atom is -0.444 e. The normalized spacial score (nSPS) is 36.5. The summed E-state index contributed by atoms with van der Waals surface area (Å²) < 4.78 is 22.6. The predicted molar refractivity (Wildman–Crippen MR) is 100 cm³/mol. The van der Waals surface area contributed by atoms with E-state index in [2.05, 4.69) is 11.2 Å². The third kappa shape index (κ3) is 3.25. The summed E-state index contributed by atoms with van der Waals surface area (Å²) in [6, 6.07) is -1.38. The van der Waals surface area contributed by atoms with Crippen molar-refractivity contribution in [3.8, 4) is 12.3 Å². The number of methoxy groups -OCH3 is 2. The molecule has 0 aromatic rings. The van der Waals surface area contributed by atoms with Crippen molar-refractivity contribution >= 4 is 12.0 Å². The minimum atomic E-state index is -1.09. The molecule has 0 bridgehead atoms. The van der Waals surface area contributed by atoms with Crippen molar-refractivity contribution in [2.75, 3.05) is 20.8 Å². The number of hydrogen-bond donors (Lipinski definition) is 1. The molecule has 0 spiro atoms. The van der Waals surface area contributed by atoms with Gasteiger partial charge in [-0.25, -0.2) is 4.79 Å². The van der Waals surface area contributed by atoms with Crippen LogP contribution < -0.4 is 5.32 Å². The van der Waals surface area contributed by atoms with Crippen molar-refractivity contribution in [2.24, 2.45) is 11.8 Å². The zero-order chi connectivity index (χ0) is 20.9. The first-order valence-electron chi connectivity index (χ1n) is 9.58. The maximum atomic E-state index is 13.4. The third-order valence-corrected chi connectivity index (χ3v) is 5.90. The molecule has 3 aliphatic rings. The van der Waals surface area contributed by atoms with E-state index >= 15 is 0 Å². The van der Waals surface area contributed by atoms with Gasteiger partial charge in [-0.1, -0.05) is 12.8 Å². The minimum absolute atomic E-state index is 0.0549. The van der Waals surface area contributed by atoms with Crippen LogP contribution in [0.15, 0.2) is 0 Å². The van der Waals surface area contributed by atoms with Gasteiger partial charge in [-0.05, 0) is 33.1 Å². The Labute approximate surface area is 166 Å². The highest BCUT2D eigenvalue weighted by atomic mass is 16.7. The lowest BCUT2D eigenvalue weighted by atomic mass is 9.82. The maximum Gasteiger partial charge on any atom is 0.408 e. The van der Waals surface area contributed by atoms with Crippen molar-refractivity contribution in [1.29, 1.82) is 0 Å². The maximum absolute atomic E-state index is 13.4. The van der Waals surface area contributed by atoms with Crippen LogP contribution in [-0.2, 0) is 23.7 Å². The molecule has 8 nitrogen and oxygen atoms in total. The quantitative estimate of drug-likeness (QED) is 0.571. The van der Waals surface area contributed by atoms with E-state index in [1.165, 1.54) is 14.2 Å². The van der Waals surface area contributed by atoms with Crippen LogP contribution >= 0.6 is 0 Å². The number of nitrogens with zero attached hydrogens (tertiary/aromatic N) is 1. The van der Waals surface area contributed by atoms with Crippen molar-refractivity contribution < 1.29 is 28.5 Å². The van der Waals surface area contributed by atoms with E-state index in [0.29, 0.717) is 6.42 Å². The second kappa shape index (κ2) is 7.21. The Balaban J connectivity index is 1.89. The molecular weight excluding hydrogens is 364 g/mol. The van der Waals surface area contributed by atoms with Gasteiger partial charge in [0.1, 0.15) is 24.3 Å². The van der Waals surface area contributed by atoms with Gasteiger partial charge in [-0.15, -0.1) is 6.42 Å². The second-order valence-electron chi connectivity index (χ2n) is 8.78. The van der Waals surface area contributed by atoms with Crippen LogP contribution in [0.1, 0.15) is 34.1 Å². The zero-order valence-electron chi connectivity index (χ0n) is 17.4. The summed E-state index contributed by atoms with van der Waals surface area (Å²) in [6.07, 6.45) is 5.31. The average Bonchev–Trinajstić information content (AvgIpc) is 3.13. The van der Waals surface area contributed by atoms with Gasteiger partial charge in [0, 0.05) is 14.2 Å². The van der Waals surface area contributed by atoms with E-state index in [0.717, 1.165) is 0 Å². The van der Waals surface area contributed by atoms with Crippen LogP contribution in [0.3, 0.4) is 0 Å². The van der Waals surface area contributed by atoms with Gasteiger partial charge < -0.3 is 29.2 Å². The molecule has 0 aromatic heterocycles. The fourth-order valence-electron chi connectivity index (χ4n) is 4.77. The van der Waals surface area contributed by atoms with Crippen LogP contribution in [0.25, 0.3) is 0 Å². The van der Waals surface area contributed by atoms with Crippen molar-refractivity contribution in [3.63, 3.8) is 0 Å². The first kappa shape index (κ1) is 20.9. The van der Waals surface area contributed by atoms with Gasteiger partial charge >= 0.3 is 6.09 Å². The molecule has 2 amide bonds. The molecule has 6 atom stereocenters. The van der Waals surface area contributed by atoms with Crippen molar-refractivity contribution in [1.82, 2.24) is 10.2 Å². The number of hydrogen-bond acceptors (Lipinski definition) is 6. The van der Waals surface area contributed by atoms with Gasteiger partial charge in [0.15, 0.2) is 0 Å². The average molecular weight is 394 g/mol. The standard InChI is InChI=1S/C20H30N2O6/c1-8-12-14-11(2)9-13(21-18(24)28-19(3,4)5)17(23)22(14)16-15(12)27-10-20(16,25-6)26-7/h1,11-16H,9-10H2,2-7H3,(H,21,24). The summed E-state index contributed by atoms with van der Waals surface area (Å²) in [5.41, 5.74) is -0.649. The molecule has 3 saturated heterocycles. The molecule has 1 N–H and O–H groups in total. The Morgan fingerprint density at radius 1 is 1.36 bits per heavy atom. The Morgan fingerprint density at radius 2 is 2.00 bits per heavy atom. The van der Waals surface area contributed by atoms with E-state index in [1.54, 1.807) is 25.7 Å². The van der Waals surface area contributed by atoms with E-state index in [1.807, 2.05) is 6.92 Å². The third-order valence-electron chi connectivity index (χ3n) is 5.90. The Morgan fingerprint density at radius 3 is 2.54 bits per heavy atom. The van der Waals surface area contributed by atoms with Gasteiger partial charge in [0.25, 0.3) is 0 Å².